The number of hydrogen-bond acceptors (Lipinski definition) is 3. The van der Waals surface area contributed by atoms with Crippen molar-refractivity contribution in [2.75, 3.05) is 19.8 Å². The summed E-state index contributed by atoms with van der Waals surface area (Å²) >= 11 is 0. The molecule has 1 aromatic carbocycles. The number of carboxylic acid groups (broad SMARTS) is 1. The summed E-state index contributed by atoms with van der Waals surface area (Å²) in [7, 11) is 0. The van der Waals surface area contributed by atoms with E-state index in [-0.39, 0.29) is 12.6 Å². The summed E-state index contributed by atoms with van der Waals surface area (Å²) in [6, 6.07) is 2.54. The van der Waals surface area contributed by atoms with E-state index in [0.29, 0.717) is 18.7 Å². The average Bonchev–Trinajstić information content (AvgIpc) is 2.41. The summed E-state index contributed by atoms with van der Waals surface area (Å²) < 4.78 is 31.3. The van der Waals surface area contributed by atoms with Crippen LogP contribution >= 0.6 is 0 Å². The molecule has 104 valence electrons. The molecule has 1 aliphatic rings. The van der Waals surface area contributed by atoms with Crippen molar-refractivity contribution in [2.24, 2.45) is 0 Å². The van der Waals surface area contributed by atoms with Gasteiger partial charge in [0.25, 0.3) is 0 Å². The first-order valence-corrected chi connectivity index (χ1v) is 6.02. The molecule has 1 fully saturated rings. The van der Waals surface area contributed by atoms with Gasteiger partial charge in [0.2, 0.25) is 0 Å². The summed E-state index contributed by atoms with van der Waals surface area (Å²) in [5.41, 5.74) is 0.548. The van der Waals surface area contributed by atoms with Crippen LogP contribution < -0.4 is 0 Å². The first-order valence-electron chi connectivity index (χ1n) is 6.02. The molecule has 1 heterocycles. The zero-order chi connectivity index (χ0) is 14.0. The fourth-order valence-corrected chi connectivity index (χ4v) is 2.26. The number of hydrogen-bond donors (Lipinski definition) is 1. The van der Waals surface area contributed by atoms with E-state index in [4.69, 9.17) is 9.84 Å². The second-order valence-corrected chi connectivity index (χ2v) is 4.52. The molecule has 0 amide bonds. The largest absolute Gasteiger partial charge is 0.480 e. The van der Waals surface area contributed by atoms with Crippen LogP contribution in [-0.2, 0) is 9.53 Å². The van der Waals surface area contributed by atoms with Crippen molar-refractivity contribution in [1.29, 1.82) is 0 Å². The van der Waals surface area contributed by atoms with E-state index in [1.54, 1.807) is 11.8 Å². The van der Waals surface area contributed by atoms with E-state index in [1.165, 1.54) is 6.07 Å². The zero-order valence-electron chi connectivity index (χ0n) is 10.5. The van der Waals surface area contributed by atoms with Gasteiger partial charge in [-0.15, -0.1) is 0 Å². The van der Waals surface area contributed by atoms with Gasteiger partial charge in [-0.1, -0.05) is 6.07 Å². The lowest BCUT2D eigenvalue weighted by atomic mass is 10.0. The monoisotopic (exact) mass is 271 g/mol. The molecule has 19 heavy (non-hydrogen) atoms. The van der Waals surface area contributed by atoms with Gasteiger partial charge >= 0.3 is 5.97 Å². The quantitative estimate of drug-likeness (QED) is 0.911. The summed E-state index contributed by atoms with van der Waals surface area (Å²) in [5.74, 6) is -2.81. The van der Waals surface area contributed by atoms with Crippen molar-refractivity contribution in [2.45, 2.75) is 19.0 Å². The molecular formula is C13H15F2NO3. The molecule has 1 saturated heterocycles. The first kappa shape index (κ1) is 13.9. The smallest absolute Gasteiger partial charge is 0.323 e. The number of carbonyl (C=O) groups is 1. The second kappa shape index (κ2) is 5.63. The van der Waals surface area contributed by atoms with E-state index in [1.807, 2.05) is 0 Å². The normalized spacial score (nSPS) is 22.2. The fraction of sp³-hybridized carbons (Fsp3) is 0.462. The van der Waals surface area contributed by atoms with Gasteiger partial charge in [-0.2, -0.15) is 0 Å². The van der Waals surface area contributed by atoms with E-state index in [0.717, 1.165) is 12.1 Å². The number of carboxylic acids is 1. The Morgan fingerprint density at radius 3 is 2.84 bits per heavy atom. The number of rotatable bonds is 3. The highest BCUT2D eigenvalue weighted by molar-refractivity contribution is 5.73. The van der Waals surface area contributed by atoms with Gasteiger partial charge in [-0.3, -0.25) is 9.69 Å². The fourth-order valence-electron chi connectivity index (χ4n) is 2.26. The van der Waals surface area contributed by atoms with Crippen molar-refractivity contribution < 1.29 is 23.4 Å². The average molecular weight is 271 g/mol. The summed E-state index contributed by atoms with van der Waals surface area (Å²) in [6.45, 7) is 2.74. The van der Waals surface area contributed by atoms with Crippen LogP contribution in [-0.4, -0.2) is 41.8 Å². The van der Waals surface area contributed by atoms with Crippen LogP contribution in [0.3, 0.4) is 0 Å². The molecule has 0 aliphatic carbocycles. The van der Waals surface area contributed by atoms with Gasteiger partial charge in [0.1, 0.15) is 6.04 Å². The SMILES string of the molecule is CC(c1ccc(F)c(F)c1)N1CCOCC1C(=O)O. The molecule has 1 aromatic rings. The third-order valence-electron chi connectivity index (χ3n) is 3.38. The number of morpholine rings is 1. The van der Waals surface area contributed by atoms with E-state index in [9.17, 15) is 13.6 Å². The van der Waals surface area contributed by atoms with Crippen molar-refractivity contribution in [3.05, 3.63) is 35.4 Å². The van der Waals surface area contributed by atoms with Crippen LogP contribution in [0.2, 0.25) is 0 Å². The van der Waals surface area contributed by atoms with Gasteiger partial charge < -0.3 is 9.84 Å². The molecule has 1 aliphatic heterocycles. The Morgan fingerprint density at radius 2 is 2.21 bits per heavy atom. The highest BCUT2D eigenvalue weighted by atomic mass is 19.2. The number of aliphatic carboxylic acids is 1. The molecule has 2 unspecified atom stereocenters. The predicted molar refractivity (Wildman–Crippen MR) is 63.7 cm³/mol. The summed E-state index contributed by atoms with van der Waals surface area (Å²) in [6.07, 6.45) is 0. The maximum atomic E-state index is 13.2. The van der Waals surface area contributed by atoms with Gasteiger partial charge in [0, 0.05) is 12.6 Å². The Kier molecular flexibility index (Phi) is 4.11. The van der Waals surface area contributed by atoms with Crippen LogP contribution in [0.5, 0.6) is 0 Å². The van der Waals surface area contributed by atoms with Gasteiger partial charge in [0.15, 0.2) is 11.6 Å². The number of halogens is 2. The van der Waals surface area contributed by atoms with Crippen molar-refractivity contribution >= 4 is 5.97 Å². The van der Waals surface area contributed by atoms with Crippen molar-refractivity contribution in [3.63, 3.8) is 0 Å². The Labute approximate surface area is 109 Å². The second-order valence-electron chi connectivity index (χ2n) is 4.52. The maximum absolute atomic E-state index is 13.2. The summed E-state index contributed by atoms with van der Waals surface area (Å²) in [4.78, 5) is 12.9. The molecule has 0 radical (unpaired) electrons. The maximum Gasteiger partial charge on any atom is 0.323 e. The molecule has 1 N–H and O–H groups in total. The van der Waals surface area contributed by atoms with Crippen LogP contribution in [0.25, 0.3) is 0 Å². The lowest BCUT2D eigenvalue weighted by Crippen LogP contribution is -2.50. The van der Waals surface area contributed by atoms with Crippen LogP contribution in [0.15, 0.2) is 18.2 Å². The minimum absolute atomic E-state index is 0.101. The highest BCUT2D eigenvalue weighted by Crippen LogP contribution is 2.25. The zero-order valence-corrected chi connectivity index (χ0v) is 10.5. The molecule has 2 rings (SSSR count). The number of benzene rings is 1. The Balaban J connectivity index is 2.23. The minimum Gasteiger partial charge on any atom is -0.480 e. The molecule has 0 bridgehead atoms. The molecule has 0 spiro atoms. The third-order valence-corrected chi connectivity index (χ3v) is 3.38. The Morgan fingerprint density at radius 1 is 1.47 bits per heavy atom. The van der Waals surface area contributed by atoms with E-state index < -0.39 is 23.6 Å². The molecule has 2 atom stereocenters. The predicted octanol–water partition coefficient (Wildman–Crippen LogP) is 1.81. The first-order chi connectivity index (χ1) is 9.00. The van der Waals surface area contributed by atoms with Crippen molar-refractivity contribution in [3.8, 4) is 0 Å². The Bertz CT molecular complexity index is 481. The lowest BCUT2D eigenvalue weighted by Gasteiger charge is -2.37. The van der Waals surface area contributed by atoms with Gasteiger partial charge in [0.05, 0.1) is 13.2 Å². The van der Waals surface area contributed by atoms with Crippen molar-refractivity contribution in [1.82, 2.24) is 4.90 Å². The van der Waals surface area contributed by atoms with Crippen LogP contribution in [0.1, 0.15) is 18.5 Å². The van der Waals surface area contributed by atoms with E-state index in [2.05, 4.69) is 0 Å². The summed E-state index contributed by atoms with van der Waals surface area (Å²) in [5, 5.41) is 9.15. The Hall–Kier alpha value is -1.53. The van der Waals surface area contributed by atoms with Gasteiger partial charge in [-0.05, 0) is 24.6 Å². The topological polar surface area (TPSA) is 49.8 Å². The molecule has 0 saturated carbocycles. The third kappa shape index (κ3) is 2.90. The van der Waals surface area contributed by atoms with Crippen LogP contribution in [0, 0.1) is 11.6 Å². The lowest BCUT2D eigenvalue weighted by molar-refractivity contribution is -0.151. The molecule has 6 heteroatoms. The van der Waals surface area contributed by atoms with Gasteiger partial charge in [-0.25, -0.2) is 8.78 Å². The van der Waals surface area contributed by atoms with Crippen LogP contribution in [0.4, 0.5) is 8.78 Å². The molecule has 0 aromatic heterocycles. The minimum atomic E-state index is -0.978. The highest BCUT2D eigenvalue weighted by Gasteiger charge is 2.33. The number of ether oxygens (including phenoxy) is 1. The molecule has 4 nitrogen and oxygen atoms in total. The molecular weight excluding hydrogens is 256 g/mol. The number of nitrogens with zero attached hydrogens (tertiary/aromatic N) is 1. The standard InChI is InChI=1S/C13H15F2NO3/c1-8(9-2-3-10(14)11(15)6-9)16-4-5-19-7-12(16)13(17)18/h2-3,6,8,12H,4-5,7H2,1H3,(H,17,18). The van der Waals surface area contributed by atoms with E-state index >= 15 is 0 Å².